The maximum absolute atomic E-state index is 11.8. The molecule has 0 spiro atoms. The standard InChI is InChI=1S/C19H19NO5/c1-12-3-6-15(7-4-12)25-10-9-20-14-5-8-16(18(22)13(2)21)17(11-14)19(23)24/h3-8,11,20H,9-10H2,1-2H3,(H,23,24). The molecule has 130 valence electrons. The predicted octanol–water partition coefficient (Wildman–Crippen LogP) is 2.96. The second-order valence-electron chi connectivity index (χ2n) is 5.54. The first-order valence-corrected chi connectivity index (χ1v) is 7.74. The van der Waals surface area contributed by atoms with Crippen molar-refractivity contribution < 1.29 is 24.2 Å². The van der Waals surface area contributed by atoms with Crippen LogP contribution < -0.4 is 10.1 Å². The number of Topliss-reactive ketones (excluding diaryl/α,β-unsaturated/α-hetero) is 2. The summed E-state index contributed by atoms with van der Waals surface area (Å²) in [5, 5.41) is 12.3. The molecule has 0 aliphatic heterocycles. The average Bonchev–Trinajstić information content (AvgIpc) is 2.59. The number of benzene rings is 2. The Morgan fingerprint density at radius 1 is 1.04 bits per heavy atom. The Morgan fingerprint density at radius 3 is 2.32 bits per heavy atom. The Bertz CT molecular complexity index is 796. The zero-order valence-corrected chi connectivity index (χ0v) is 14.0. The van der Waals surface area contributed by atoms with Crippen LogP contribution in [0.3, 0.4) is 0 Å². The number of carbonyl (C=O) groups excluding carboxylic acids is 2. The third-order valence-electron chi connectivity index (χ3n) is 3.54. The number of aromatic carboxylic acids is 1. The molecule has 0 aromatic heterocycles. The van der Waals surface area contributed by atoms with Crippen LogP contribution in [0.25, 0.3) is 0 Å². The second kappa shape index (κ2) is 8.10. The highest BCUT2D eigenvalue weighted by atomic mass is 16.5. The molecule has 0 fully saturated rings. The molecule has 0 aliphatic rings. The largest absolute Gasteiger partial charge is 0.492 e. The van der Waals surface area contributed by atoms with Gasteiger partial charge in [-0.3, -0.25) is 9.59 Å². The van der Waals surface area contributed by atoms with E-state index < -0.39 is 17.5 Å². The Balaban J connectivity index is 1.99. The molecule has 6 heteroatoms. The van der Waals surface area contributed by atoms with Crippen molar-refractivity contribution >= 4 is 23.2 Å². The van der Waals surface area contributed by atoms with Crippen LogP contribution in [0.2, 0.25) is 0 Å². The molecule has 0 amide bonds. The molecule has 0 saturated heterocycles. The number of nitrogens with one attached hydrogen (secondary N) is 1. The van der Waals surface area contributed by atoms with Crippen LogP contribution in [0.5, 0.6) is 5.75 Å². The van der Waals surface area contributed by atoms with Gasteiger partial charge in [0.05, 0.1) is 5.56 Å². The highest BCUT2D eigenvalue weighted by Crippen LogP contribution is 2.17. The summed E-state index contributed by atoms with van der Waals surface area (Å²) in [6.07, 6.45) is 0. The van der Waals surface area contributed by atoms with Crippen LogP contribution in [0.15, 0.2) is 42.5 Å². The summed E-state index contributed by atoms with van der Waals surface area (Å²) in [4.78, 5) is 34.3. The lowest BCUT2D eigenvalue weighted by atomic mass is 10.0. The molecule has 2 aromatic carbocycles. The van der Waals surface area contributed by atoms with Gasteiger partial charge in [0.2, 0.25) is 5.78 Å². The molecule has 0 bridgehead atoms. The highest BCUT2D eigenvalue weighted by Gasteiger charge is 2.20. The van der Waals surface area contributed by atoms with Crippen LogP contribution in [0, 0.1) is 6.92 Å². The summed E-state index contributed by atoms with van der Waals surface area (Å²) in [5.41, 5.74) is 1.36. The SMILES string of the molecule is CC(=O)C(=O)c1ccc(NCCOc2ccc(C)cc2)cc1C(=O)O. The fourth-order valence-electron chi connectivity index (χ4n) is 2.22. The normalized spacial score (nSPS) is 10.2. The van der Waals surface area contributed by atoms with Gasteiger partial charge in [-0.05, 0) is 37.3 Å². The number of aryl methyl sites for hydroxylation is 1. The van der Waals surface area contributed by atoms with Crippen molar-refractivity contribution in [2.45, 2.75) is 13.8 Å². The fourth-order valence-corrected chi connectivity index (χ4v) is 2.22. The van der Waals surface area contributed by atoms with Gasteiger partial charge in [-0.1, -0.05) is 17.7 Å². The fraction of sp³-hybridized carbons (Fsp3) is 0.211. The summed E-state index contributed by atoms with van der Waals surface area (Å²) < 4.78 is 5.58. The molecule has 2 N–H and O–H groups in total. The van der Waals surface area contributed by atoms with E-state index in [9.17, 15) is 19.5 Å². The molecule has 0 aliphatic carbocycles. The predicted molar refractivity (Wildman–Crippen MR) is 93.6 cm³/mol. The van der Waals surface area contributed by atoms with Crippen LogP contribution in [-0.2, 0) is 4.79 Å². The van der Waals surface area contributed by atoms with Gasteiger partial charge in [0.15, 0.2) is 5.78 Å². The minimum atomic E-state index is -1.26. The van der Waals surface area contributed by atoms with E-state index in [-0.39, 0.29) is 11.1 Å². The van der Waals surface area contributed by atoms with Crippen molar-refractivity contribution in [1.29, 1.82) is 0 Å². The molecule has 0 radical (unpaired) electrons. The number of carboxylic acid groups (broad SMARTS) is 1. The van der Waals surface area contributed by atoms with Crippen molar-refractivity contribution in [2.75, 3.05) is 18.5 Å². The second-order valence-corrected chi connectivity index (χ2v) is 5.54. The van der Waals surface area contributed by atoms with Gasteiger partial charge >= 0.3 is 5.97 Å². The lowest BCUT2D eigenvalue weighted by molar-refractivity contribution is -0.113. The first kappa shape index (κ1) is 18.2. The van der Waals surface area contributed by atoms with Crippen molar-refractivity contribution in [2.24, 2.45) is 0 Å². The molecule has 0 saturated carbocycles. The molecule has 2 aromatic rings. The highest BCUT2D eigenvalue weighted by molar-refractivity contribution is 6.44. The minimum Gasteiger partial charge on any atom is -0.492 e. The number of carbonyl (C=O) groups is 3. The molecular formula is C19H19NO5. The van der Waals surface area contributed by atoms with Crippen molar-refractivity contribution in [1.82, 2.24) is 0 Å². The Morgan fingerprint density at radius 2 is 1.72 bits per heavy atom. The molecule has 25 heavy (non-hydrogen) atoms. The monoisotopic (exact) mass is 341 g/mol. The zero-order chi connectivity index (χ0) is 18.4. The number of anilines is 1. The van der Waals surface area contributed by atoms with Gasteiger partial charge in [0, 0.05) is 24.7 Å². The maximum Gasteiger partial charge on any atom is 0.336 e. The van der Waals surface area contributed by atoms with Crippen molar-refractivity contribution in [3.63, 3.8) is 0 Å². The quantitative estimate of drug-likeness (QED) is 0.436. The third-order valence-corrected chi connectivity index (χ3v) is 3.54. The lowest BCUT2D eigenvalue weighted by Crippen LogP contribution is -2.16. The number of rotatable bonds is 8. The van der Waals surface area contributed by atoms with Crippen molar-refractivity contribution in [3.05, 3.63) is 59.2 Å². The number of hydrogen-bond donors (Lipinski definition) is 2. The number of ether oxygens (including phenoxy) is 1. The summed E-state index contributed by atoms with van der Waals surface area (Å²) in [6, 6.07) is 11.9. The van der Waals surface area contributed by atoms with E-state index in [2.05, 4.69) is 5.32 Å². The molecule has 0 atom stereocenters. The van der Waals surface area contributed by atoms with Crippen molar-refractivity contribution in [3.8, 4) is 5.75 Å². The van der Waals surface area contributed by atoms with Gasteiger partial charge in [0.1, 0.15) is 12.4 Å². The molecular weight excluding hydrogens is 322 g/mol. The first-order valence-electron chi connectivity index (χ1n) is 7.74. The topological polar surface area (TPSA) is 92.7 Å². The van der Waals surface area contributed by atoms with E-state index >= 15 is 0 Å². The smallest absolute Gasteiger partial charge is 0.336 e. The van der Waals surface area contributed by atoms with Crippen LogP contribution in [0.1, 0.15) is 33.2 Å². The van der Waals surface area contributed by atoms with E-state index in [0.717, 1.165) is 18.2 Å². The van der Waals surface area contributed by atoms with E-state index in [1.165, 1.54) is 12.1 Å². The van der Waals surface area contributed by atoms with Gasteiger partial charge in [0.25, 0.3) is 0 Å². The van der Waals surface area contributed by atoms with Crippen LogP contribution >= 0.6 is 0 Å². The Hall–Kier alpha value is -3.15. The maximum atomic E-state index is 11.8. The molecule has 0 heterocycles. The van der Waals surface area contributed by atoms with Crippen LogP contribution in [-0.4, -0.2) is 35.8 Å². The lowest BCUT2D eigenvalue weighted by Gasteiger charge is -2.11. The third kappa shape index (κ3) is 4.91. The Kier molecular flexibility index (Phi) is 5.89. The number of ketones is 2. The zero-order valence-electron chi connectivity index (χ0n) is 14.0. The van der Waals surface area contributed by atoms with Gasteiger partial charge in [-0.25, -0.2) is 4.79 Å². The van der Waals surface area contributed by atoms with Crippen LogP contribution in [0.4, 0.5) is 5.69 Å². The minimum absolute atomic E-state index is 0.110. The average molecular weight is 341 g/mol. The van der Waals surface area contributed by atoms with E-state index in [1.54, 1.807) is 6.07 Å². The van der Waals surface area contributed by atoms with E-state index in [4.69, 9.17) is 4.74 Å². The summed E-state index contributed by atoms with van der Waals surface area (Å²) in [7, 11) is 0. The summed E-state index contributed by atoms with van der Waals surface area (Å²) >= 11 is 0. The van der Waals surface area contributed by atoms with Gasteiger partial charge in [-0.15, -0.1) is 0 Å². The molecule has 0 unspecified atom stereocenters. The first-order chi connectivity index (χ1) is 11.9. The number of hydrogen-bond acceptors (Lipinski definition) is 5. The molecule has 2 rings (SSSR count). The number of carboxylic acids is 1. The summed E-state index contributed by atoms with van der Waals surface area (Å²) in [5.74, 6) is -2.02. The van der Waals surface area contributed by atoms with Gasteiger partial charge < -0.3 is 15.2 Å². The van der Waals surface area contributed by atoms with E-state index in [0.29, 0.717) is 18.8 Å². The van der Waals surface area contributed by atoms with E-state index in [1.807, 2.05) is 31.2 Å². The Labute approximate surface area is 145 Å². The summed E-state index contributed by atoms with van der Waals surface area (Å²) in [6.45, 7) is 3.95. The van der Waals surface area contributed by atoms with Gasteiger partial charge in [-0.2, -0.15) is 0 Å². The molecule has 6 nitrogen and oxygen atoms in total.